The van der Waals surface area contributed by atoms with Crippen molar-refractivity contribution in [3.63, 3.8) is 0 Å². The van der Waals surface area contributed by atoms with Crippen LogP contribution in [0.3, 0.4) is 0 Å². The maximum absolute atomic E-state index is 13.6. The summed E-state index contributed by atoms with van der Waals surface area (Å²) in [6.45, 7) is 1.25. The first-order valence-corrected chi connectivity index (χ1v) is 13.8. The van der Waals surface area contributed by atoms with Gasteiger partial charge in [-0.15, -0.1) is 0 Å². The number of amides is 1. The molecule has 44 heavy (non-hydrogen) atoms. The molecule has 2 aromatic carbocycles. The van der Waals surface area contributed by atoms with Crippen LogP contribution in [-0.2, 0) is 27.4 Å². The van der Waals surface area contributed by atoms with Crippen LogP contribution in [-0.4, -0.2) is 57.3 Å². The summed E-state index contributed by atoms with van der Waals surface area (Å²) in [6.07, 6.45) is -1.72. The third-order valence-electron chi connectivity index (χ3n) is 6.82. The summed E-state index contributed by atoms with van der Waals surface area (Å²) in [7, 11) is 0. The van der Waals surface area contributed by atoms with E-state index < -0.39 is 36.3 Å². The number of aromatic nitrogens is 4. The molecule has 0 aliphatic carbocycles. The van der Waals surface area contributed by atoms with E-state index in [0.29, 0.717) is 34.7 Å². The van der Waals surface area contributed by atoms with Crippen molar-refractivity contribution in [2.45, 2.75) is 32.1 Å². The molecule has 1 atom stereocenters. The van der Waals surface area contributed by atoms with Gasteiger partial charge in [0.15, 0.2) is 23.9 Å². The second kappa shape index (κ2) is 13.1. The van der Waals surface area contributed by atoms with Crippen molar-refractivity contribution in [3.8, 4) is 11.4 Å². The van der Waals surface area contributed by atoms with E-state index in [-0.39, 0.29) is 29.1 Å². The van der Waals surface area contributed by atoms with Gasteiger partial charge in [-0.3, -0.25) is 4.79 Å². The number of nitrogens with zero attached hydrogens (tertiary/aromatic N) is 4. The first-order valence-electron chi connectivity index (χ1n) is 13.4. The number of fused-ring (bicyclic) bond motifs is 1. The van der Waals surface area contributed by atoms with E-state index >= 15 is 0 Å². The first-order chi connectivity index (χ1) is 21.0. The SMILES string of the molecule is O=C(COC(=O)C(F)(F)F)Nc1ccc(-c2nc3cnc(NCc4ccc(F)c(F)c4)nc3n2C[C@@H]2CCCNC2)c(Cl)c1. The fourth-order valence-electron chi connectivity index (χ4n) is 4.74. The number of carbonyl (C=O) groups excluding carboxylic acids is 2. The number of benzene rings is 2. The predicted molar refractivity (Wildman–Crippen MR) is 151 cm³/mol. The Morgan fingerprint density at radius 2 is 1.93 bits per heavy atom. The highest BCUT2D eigenvalue weighted by atomic mass is 35.5. The van der Waals surface area contributed by atoms with Crippen LogP contribution in [0.4, 0.5) is 33.6 Å². The summed E-state index contributed by atoms with van der Waals surface area (Å²) < 4.78 is 69.8. The average Bonchev–Trinajstić information content (AvgIpc) is 3.33. The number of hydrogen-bond acceptors (Lipinski definition) is 8. The second-order valence-electron chi connectivity index (χ2n) is 10.1. The minimum atomic E-state index is -5.21. The predicted octanol–water partition coefficient (Wildman–Crippen LogP) is 5.08. The van der Waals surface area contributed by atoms with Crippen LogP contribution in [0.1, 0.15) is 18.4 Å². The van der Waals surface area contributed by atoms with Gasteiger partial charge in [0, 0.05) is 24.3 Å². The van der Waals surface area contributed by atoms with Crippen molar-refractivity contribution in [3.05, 3.63) is 64.8 Å². The maximum Gasteiger partial charge on any atom is 0.490 e. The van der Waals surface area contributed by atoms with Crippen molar-refractivity contribution >= 4 is 46.3 Å². The van der Waals surface area contributed by atoms with Gasteiger partial charge < -0.3 is 25.3 Å². The molecule has 10 nitrogen and oxygen atoms in total. The number of esters is 1. The Kier molecular flexibility index (Phi) is 9.25. The van der Waals surface area contributed by atoms with E-state index in [2.05, 4.69) is 30.7 Å². The van der Waals surface area contributed by atoms with Gasteiger partial charge in [0.2, 0.25) is 5.95 Å². The van der Waals surface area contributed by atoms with Gasteiger partial charge in [-0.2, -0.15) is 18.2 Å². The molecule has 1 saturated heterocycles. The lowest BCUT2D eigenvalue weighted by Crippen LogP contribution is -2.32. The van der Waals surface area contributed by atoms with Crippen LogP contribution < -0.4 is 16.0 Å². The number of hydrogen-bond donors (Lipinski definition) is 3. The molecule has 3 N–H and O–H groups in total. The Bertz CT molecular complexity index is 1690. The van der Waals surface area contributed by atoms with Gasteiger partial charge in [-0.1, -0.05) is 17.7 Å². The summed E-state index contributed by atoms with van der Waals surface area (Å²) >= 11 is 6.59. The average molecular weight is 638 g/mol. The van der Waals surface area contributed by atoms with E-state index in [1.165, 1.54) is 24.4 Å². The fourth-order valence-corrected chi connectivity index (χ4v) is 5.00. The lowest BCUT2D eigenvalue weighted by molar-refractivity contribution is -0.199. The van der Waals surface area contributed by atoms with Crippen LogP contribution in [0, 0.1) is 17.6 Å². The van der Waals surface area contributed by atoms with E-state index in [1.807, 2.05) is 4.57 Å². The lowest BCUT2D eigenvalue weighted by atomic mass is 9.99. The number of rotatable bonds is 9. The van der Waals surface area contributed by atoms with Crippen molar-refractivity contribution < 1.29 is 36.3 Å². The molecular formula is C28H25ClF5N7O3. The summed E-state index contributed by atoms with van der Waals surface area (Å²) in [6, 6.07) is 8.04. The largest absolute Gasteiger partial charge is 0.490 e. The molecule has 0 radical (unpaired) electrons. The second-order valence-corrected chi connectivity index (χ2v) is 10.5. The Morgan fingerprint density at radius 3 is 2.64 bits per heavy atom. The summed E-state index contributed by atoms with van der Waals surface area (Å²) in [4.78, 5) is 36.6. The zero-order valence-electron chi connectivity index (χ0n) is 22.8. The quantitative estimate of drug-likeness (QED) is 0.172. The van der Waals surface area contributed by atoms with Crippen LogP contribution in [0.15, 0.2) is 42.6 Å². The Labute approximate surface area is 252 Å². The Morgan fingerprint density at radius 1 is 1.11 bits per heavy atom. The first kappa shape index (κ1) is 31.1. The maximum atomic E-state index is 13.6. The smallest absolute Gasteiger partial charge is 0.449 e. The molecule has 2 aromatic heterocycles. The normalized spacial score (nSPS) is 15.3. The molecule has 5 rings (SSSR count). The molecule has 0 unspecified atom stereocenters. The molecule has 232 valence electrons. The molecule has 0 bridgehead atoms. The lowest BCUT2D eigenvalue weighted by Gasteiger charge is -2.24. The third kappa shape index (κ3) is 7.39. The number of piperidine rings is 1. The topological polar surface area (TPSA) is 123 Å². The summed E-state index contributed by atoms with van der Waals surface area (Å²) in [5, 5.41) is 8.91. The van der Waals surface area contributed by atoms with Crippen LogP contribution >= 0.6 is 11.6 Å². The van der Waals surface area contributed by atoms with Gasteiger partial charge in [-0.25, -0.2) is 23.5 Å². The van der Waals surface area contributed by atoms with Crippen molar-refractivity contribution in [2.75, 3.05) is 30.3 Å². The van der Waals surface area contributed by atoms with Gasteiger partial charge >= 0.3 is 12.1 Å². The molecule has 1 aliphatic heterocycles. The van der Waals surface area contributed by atoms with Crippen LogP contribution in [0.25, 0.3) is 22.6 Å². The van der Waals surface area contributed by atoms with E-state index in [0.717, 1.165) is 38.1 Å². The van der Waals surface area contributed by atoms with Crippen molar-refractivity contribution in [1.29, 1.82) is 0 Å². The Balaban J connectivity index is 1.40. The zero-order valence-corrected chi connectivity index (χ0v) is 23.6. The number of nitrogens with one attached hydrogen (secondary N) is 3. The molecule has 1 fully saturated rings. The van der Waals surface area contributed by atoms with Crippen LogP contribution in [0.2, 0.25) is 5.02 Å². The van der Waals surface area contributed by atoms with E-state index in [9.17, 15) is 31.5 Å². The number of halogens is 6. The zero-order chi connectivity index (χ0) is 31.4. The standard InChI is InChI=1S/C28H25ClF5N7O3/c29-19-9-17(38-23(42)14-44-26(43)28(32,33)34)4-5-18(19)24-39-22-12-37-27(36-11-15-3-6-20(30)21(31)8-15)40-25(22)41(24)13-16-2-1-7-35-10-16/h3-6,8-9,12,16,35H,1-2,7,10-11,13-14H2,(H,38,42)(H,36,37,40)/t16-/m1/s1. The molecule has 16 heteroatoms. The van der Waals surface area contributed by atoms with E-state index in [4.69, 9.17) is 16.6 Å². The highest BCUT2D eigenvalue weighted by Crippen LogP contribution is 2.33. The molecule has 0 saturated carbocycles. The van der Waals surface area contributed by atoms with Gasteiger partial charge in [-0.05, 0) is 67.7 Å². The number of carbonyl (C=O) groups is 2. The number of anilines is 2. The molecule has 3 heterocycles. The summed E-state index contributed by atoms with van der Waals surface area (Å²) in [5.41, 5.74) is 2.13. The monoisotopic (exact) mass is 637 g/mol. The molecule has 4 aromatic rings. The fraction of sp³-hybridized carbons (Fsp3) is 0.321. The number of ether oxygens (including phenoxy) is 1. The molecule has 1 aliphatic rings. The minimum absolute atomic E-state index is 0.144. The van der Waals surface area contributed by atoms with Crippen molar-refractivity contribution in [2.24, 2.45) is 5.92 Å². The number of imidazole rings is 1. The summed E-state index contributed by atoms with van der Waals surface area (Å²) in [5.74, 6) is -4.39. The molecule has 1 amide bonds. The third-order valence-corrected chi connectivity index (χ3v) is 7.13. The van der Waals surface area contributed by atoms with Gasteiger partial charge in [0.1, 0.15) is 11.3 Å². The molecule has 0 spiro atoms. The van der Waals surface area contributed by atoms with Crippen molar-refractivity contribution in [1.82, 2.24) is 24.8 Å². The van der Waals surface area contributed by atoms with Crippen LogP contribution in [0.5, 0.6) is 0 Å². The number of alkyl halides is 3. The van der Waals surface area contributed by atoms with E-state index in [1.54, 1.807) is 6.07 Å². The Hall–Kier alpha value is -4.37. The minimum Gasteiger partial charge on any atom is -0.449 e. The van der Waals surface area contributed by atoms with Gasteiger partial charge in [0.25, 0.3) is 5.91 Å². The molecular weight excluding hydrogens is 613 g/mol. The van der Waals surface area contributed by atoms with Gasteiger partial charge in [0.05, 0.1) is 11.2 Å². The highest BCUT2D eigenvalue weighted by molar-refractivity contribution is 6.33. The highest BCUT2D eigenvalue weighted by Gasteiger charge is 2.41.